The van der Waals surface area contributed by atoms with Gasteiger partial charge in [0.15, 0.2) is 11.5 Å². The Morgan fingerprint density at radius 2 is 1.91 bits per heavy atom. The fraction of sp³-hybridized carbons (Fsp3) is 0.625. The first-order valence-electron chi connectivity index (χ1n) is 7.63. The van der Waals surface area contributed by atoms with Gasteiger partial charge in [-0.3, -0.25) is 0 Å². The maximum Gasteiger partial charge on any atom is 0.175 e. The summed E-state index contributed by atoms with van der Waals surface area (Å²) in [6.07, 6.45) is 1.12. The number of ether oxygens (including phenoxy) is 2. The fourth-order valence-corrected chi connectivity index (χ4v) is 2.58. The van der Waals surface area contributed by atoms with Crippen LogP contribution in [0.3, 0.4) is 0 Å². The molecule has 6 heteroatoms. The third kappa shape index (κ3) is 6.96. The summed E-state index contributed by atoms with van der Waals surface area (Å²) in [7, 11) is 1.65. The second-order valence-corrected chi connectivity index (χ2v) is 6.13. The number of halogens is 1. The van der Waals surface area contributed by atoms with Crippen molar-refractivity contribution in [3.05, 3.63) is 22.2 Å². The highest BCUT2D eigenvalue weighted by Crippen LogP contribution is 2.37. The monoisotopic (exact) mass is 374 g/mol. The van der Waals surface area contributed by atoms with Crippen LogP contribution in [0.2, 0.25) is 0 Å². The van der Waals surface area contributed by atoms with Gasteiger partial charge in [0.25, 0.3) is 0 Å². The first-order valence-corrected chi connectivity index (χ1v) is 8.43. The van der Waals surface area contributed by atoms with E-state index in [2.05, 4.69) is 32.6 Å². The lowest BCUT2D eigenvalue weighted by atomic mass is 10.2. The topological polar surface area (TPSA) is 62.8 Å². The molecular formula is C16H27BrN2O3. The van der Waals surface area contributed by atoms with Crippen LogP contribution in [0.4, 0.5) is 0 Å². The zero-order valence-corrected chi connectivity index (χ0v) is 15.2. The van der Waals surface area contributed by atoms with Crippen molar-refractivity contribution in [2.45, 2.75) is 32.9 Å². The zero-order chi connectivity index (χ0) is 16.4. The molecule has 0 amide bonds. The van der Waals surface area contributed by atoms with Crippen LogP contribution in [0.1, 0.15) is 25.8 Å². The molecule has 1 aromatic rings. The highest BCUT2D eigenvalue weighted by molar-refractivity contribution is 9.10. The molecule has 0 aliphatic carbocycles. The molecule has 0 unspecified atom stereocenters. The van der Waals surface area contributed by atoms with Crippen molar-refractivity contribution in [2.75, 3.05) is 33.4 Å². The minimum Gasteiger partial charge on any atom is -0.493 e. The van der Waals surface area contributed by atoms with Crippen LogP contribution >= 0.6 is 15.9 Å². The molecule has 0 saturated heterocycles. The van der Waals surface area contributed by atoms with Crippen molar-refractivity contribution in [3.63, 3.8) is 0 Å². The molecule has 0 saturated carbocycles. The van der Waals surface area contributed by atoms with E-state index in [1.165, 1.54) is 0 Å². The van der Waals surface area contributed by atoms with E-state index in [1.807, 2.05) is 19.9 Å². The minimum absolute atomic E-state index is 0.0978. The van der Waals surface area contributed by atoms with Gasteiger partial charge in [-0.25, -0.2) is 0 Å². The molecular weight excluding hydrogens is 348 g/mol. The number of aliphatic hydroxyl groups excluding tert-OH is 1. The molecule has 1 rings (SSSR count). The van der Waals surface area contributed by atoms with Crippen molar-refractivity contribution in [1.29, 1.82) is 0 Å². The summed E-state index contributed by atoms with van der Waals surface area (Å²) in [5.74, 6) is 1.49. The van der Waals surface area contributed by atoms with Gasteiger partial charge in [0.1, 0.15) is 0 Å². The van der Waals surface area contributed by atoms with Gasteiger partial charge in [0.2, 0.25) is 0 Å². The molecule has 0 fully saturated rings. The molecule has 0 spiro atoms. The van der Waals surface area contributed by atoms with Crippen LogP contribution in [0, 0.1) is 0 Å². The second kappa shape index (κ2) is 10.8. The summed E-state index contributed by atoms with van der Waals surface area (Å²) in [5.41, 5.74) is 1.14. The first kappa shape index (κ1) is 19.2. The molecule has 0 bridgehead atoms. The number of hydrogen-bond acceptors (Lipinski definition) is 5. The van der Waals surface area contributed by atoms with Crippen molar-refractivity contribution in [2.24, 2.45) is 0 Å². The lowest BCUT2D eigenvalue weighted by Crippen LogP contribution is -2.23. The van der Waals surface area contributed by atoms with Gasteiger partial charge in [-0.1, -0.05) is 0 Å². The maximum absolute atomic E-state index is 8.67. The highest BCUT2D eigenvalue weighted by Gasteiger charge is 2.12. The minimum atomic E-state index is 0.0978. The molecule has 22 heavy (non-hydrogen) atoms. The Kier molecular flexibility index (Phi) is 9.47. The van der Waals surface area contributed by atoms with Crippen LogP contribution in [-0.2, 0) is 6.54 Å². The van der Waals surface area contributed by atoms with Gasteiger partial charge in [-0.05, 0) is 67.0 Å². The highest BCUT2D eigenvalue weighted by atomic mass is 79.9. The van der Waals surface area contributed by atoms with E-state index < -0.39 is 0 Å². The van der Waals surface area contributed by atoms with Gasteiger partial charge in [0, 0.05) is 13.1 Å². The van der Waals surface area contributed by atoms with Crippen LogP contribution in [0.5, 0.6) is 11.5 Å². The van der Waals surface area contributed by atoms with E-state index in [0.29, 0.717) is 6.54 Å². The molecule has 0 atom stereocenters. The number of rotatable bonds is 11. The summed E-state index contributed by atoms with van der Waals surface area (Å²) in [4.78, 5) is 0. The SMILES string of the molecule is COc1cc(CNCCCNCCO)cc(Br)c1OC(C)C. The summed E-state index contributed by atoms with van der Waals surface area (Å²) in [6, 6.07) is 4.05. The molecule has 0 aliphatic heterocycles. The second-order valence-electron chi connectivity index (χ2n) is 5.28. The van der Waals surface area contributed by atoms with Crippen LogP contribution in [0.25, 0.3) is 0 Å². The standard InChI is InChI=1S/C16H27BrN2O3/c1-12(2)22-16-14(17)9-13(10-15(16)21-3)11-19-6-4-5-18-7-8-20/h9-10,12,18-20H,4-8,11H2,1-3H3. The lowest BCUT2D eigenvalue weighted by Gasteiger charge is -2.16. The molecule has 0 aromatic heterocycles. The van der Waals surface area contributed by atoms with E-state index in [-0.39, 0.29) is 12.7 Å². The Morgan fingerprint density at radius 1 is 1.18 bits per heavy atom. The zero-order valence-electron chi connectivity index (χ0n) is 13.6. The van der Waals surface area contributed by atoms with E-state index in [1.54, 1.807) is 7.11 Å². The third-order valence-electron chi connectivity index (χ3n) is 2.97. The molecule has 0 aliphatic rings. The Hall–Kier alpha value is -0.820. The largest absolute Gasteiger partial charge is 0.493 e. The van der Waals surface area contributed by atoms with Gasteiger partial charge in [0.05, 0.1) is 24.3 Å². The Morgan fingerprint density at radius 3 is 2.55 bits per heavy atom. The average Bonchev–Trinajstić information content (AvgIpc) is 2.48. The van der Waals surface area contributed by atoms with Gasteiger partial charge in [-0.15, -0.1) is 0 Å². The predicted octanol–water partition coefficient (Wildman–Crippen LogP) is 2.31. The normalized spacial score (nSPS) is 11.0. The molecule has 126 valence electrons. The number of methoxy groups -OCH3 is 1. The number of nitrogens with one attached hydrogen (secondary N) is 2. The Bertz CT molecular complexity index is 442. The number of aliphatic hydroxyl groups is 1. The Balaban J connectivity index is 2.49. The molecule has 1 aromatic carbocycles. The summed E-state index contributed by atoms with van der Waals surface area (Å²) >= 11 is 3.55. The van der Waals surface area contributed by atoms with Crippen LogP contribution < -0.4 is 20.1 Å². The first-order chi connectivity index (χ1) is 10.6. The molecule has 5 nitrogen and oxygen atoms in total. The lowest BCUT2D eigenvalue weighted by molar-refractivity contribution is 0.228. The molecule has 0 radical (unpaired) electrons. The average molecular weight is 375 g/mol. The van der Waals surface area contributed by atoms with Crippen molar-refractivity contribution in [1.82, 2.24) is 10.6 Å². The van der Waals surface area contributed by atoms with Crippen molar-refractivity contribution >= 4 is 15.9 Å². The van der Waals surface area contributed by atoms with Crippen molar-refractivity contribution in [3.8, 4) is 11.5 Å². The van der Waals surface area contributed by atoms with E-state index in [0.717, 1.165) is 47.6 Å². The van der Waals surface area contributed by atoms with E-state index >= 15 is 0 Å². The van der Waals surface area contributed by atoms with Gasteiger partial charge < -0.3 is 25.2 Å². The summed E-state index contributed by atoms with van der Waals surface area (Å²) < 4.78 is 12.1. The quantitative estimate of drug-likeness (QED) is 0.518. The smallest absolute Gasteiger partial charge is 0.175 e. The van der Waals surface area contributed by atoms with Crippen LogP contribution in [0.15, 0.2) is 16.6 Å². The Labute approximate surface area is 141 Å². The summed E-state index contributed by atoms with van der Waals surface area (Å²) in [5, 5.41) is 15.2. The fourth-order valence-electron chi connectivity index (χ4n) is 2.00. The number of benzene rings is 1. The van der Waals surface area contributed by atoms with Crippen molar-refractivity contribution < 1.29 is 14.6 Å². The van der Waals surface area contributed by atoms with Gasteiger partial charge in [-0.2, -0.15) is 0 Å². The third-order valence-corrected chi connectivity index (χ3v) is 3.56. The van der Waals surface area contributed by atoms with E-state index in [4.69, 9.17) is 14.6 Å². The molecule has 0 heterocycles. The van der Waals surface area contributed by atoms with E-state index in [9.17, 15) is 0 Å². The number of hydrogen-bond donors (Lipinski definition) is 3. The van der Waals surface area contributed by atoms with Crippen LogP contribution in [-0.4, -0.2) is 44.6 Å². The van der Waals surface area contributed by atoms with Gasteiger partial charge >= 0.3 is 0 Å². The maximum atomic E-state index is 8.67. The molecule has 3 N–H and O–H groups in total. The summed E-state index contributed by atoms with van der Waals surface area (Å²) in [6.45, 7) is 7.42. The predicted molar refractivity (Wildman–Crippen MR) is 92.7 cm³/mol.